The van der Waals surface area contributed by atoms with Gasteiger partial charge in [-0.15, -0.1) is 12.4 Å². The molecule has 0 aliphatic rings. The summed E-state index contributed by atoms with van der Waals surface area (Å²) in [5.74, 6) is -1.57. The van der Waals surface area contributed by atoms with Crippen molar-refractivity contribution in [2.75, 3.05) is 14.2 Å². The van der Waals surface area contributed by atoms with Crippen LogP contribution in [-0.2, 0) is 22.6 Å². The summed E-state index contributed by atoms with van der Waals surface area (Å²) < 4.78 is 47.5. The number of carboxylic acids is 1. The molecule has 6 aromatic carbocycles. The smallest absolute Gasteiger partial charge is 0.339 e. The summed E-state index contributed by atoms with van der Waals surface area (Å²) in [5.41, 5.74) is 8.57. The van der Waals surface area contributed by atoms with E-state index in [0.29, 0.717) is 45.0 Å². The number of ether oxygens (including phenoxy) is 4. The van der Waals surface area contributed by atoms with Crippen LogP contribution < -0.4 is 20.5 Å². The summed E-state index contributed by atoms with van der Waals surface area (Å²) in [6.45, 7) is 0.754. The second kappa shape index (κ2) is 24.1. The highest BCUT2D eigenvalue weighted by atomic mass is 79.9. The number of nitrogens with one attached hydrogen (secondary N) is 1. The van der Waals surface area contributed by atoms with E-state index in [9.17, 15) is 28.0 Å². The number of halogens is 5. The molecule has 4 N–H and O–H groups in total. The van der Waals surface area contributed by atoms with Gasteiger partial charge in [0.25, 0.3) is 5.91 Å². The summed E-state index contributed by atoms with van der Waals surface area (Å²) >= 11 is 6.55. The summed E-state index contributed by atoms with van der Waals surface area (Å²) in [6, 6.07) is 34.4. The van der Waals surface area contributed by atoms with E-state index in [1.165, 1.54) is 74.9 Å². The molecule has 6 rings (SSSR count). The number of benzene rings is 6. The third-order valence-corrected chi connectivity index (χ3v) is 8.87. The van der Waals surface area contributed by atoms with E-state index in [1.54, 1.807) is 60.7 Å². The Hall–Kier alpha value is -6.13. The topological polar surface area (TPSA) is 163 Å². The van der Waals surface area contributed by atoms with Crippen LogP contribution in [0.2, 0.25) is 0 Å². The highest BCUT2D eigenvalue weighted by Gasteiger charge is 2.15. The second-order valence-electron chi connectivity index (χ2n) is 12.0. The highest BCUT2D eigenvalue weighted by Crippen LogP contribution is 2.30. The zero-order valence-electron chi connectivity index (χ0n) is 31.8. The van der Waals surface area contributed by atoms with Crippen molar-refractivity contribution in [3.63, 3.8) is 0 Å². The van der Waals surface area contributed by atoms with Crippen molar-refractivity contribution in [2.45, 2.75) is 13.1 Å². The Labute approximate surface area is 367 Å². The van der Waals surface area contributed by atoms with E-state index < -0.39 is 11.9 Å². The van der Waals surface area contributed by atoms with Gasteiger partial charge in [-0.1, -0.05) is 56.1 Å². The number of carboxylic acid groups (broad SMARTS) is 1. The van der Waals surface area contributed by atoms with Gasteiger partial charge in [0, 0.05) is 22.0 Å². The maximum Gasteiger partial charge on any atom is 0.339 e. The minimum absolute atomic E-state index is 0. The zero-order valence-corrected chi connectivity index (χ0v) is 35.8. The molecule has 1 amide bonds. The molecule has 0 heterocycles. The van der Waals surface area contributed by atoms with Gasteiger partial charge in [0.1, 0.15) is 40.2 Å². The predicted octanol–water partition coefficient (Wildman–Crippen LogP) is 10.5. The molecule has 0 aliphatic carbocycles. The lowest BCUT2D eigenvalue weighted by Crippen LogP contribution is -2.23. The van der Waals surface area contributed by atoms with E-state index in [1.807, 2.05) is 12.1 Å². The molecule has 0 spiro atoms. The number of carbonyl (C=O) groups is 4. The molecule has 312 valence electrons. The Morgan fingerprint density at radius 2 is 1.00 bits per heavy atom. The van der Waals surface area contributed by atoms with Gasteiger partial charge >= 0.3 is 17.9 Å². The molecule has 0 aromatic heterocycles. The average molecular weight is 971 g/mol. The molecule has 11 nitrogen and oxygen atoms in total. The lowest BCUT2D eigenvalue weighted by Gasteiger charge is -2.12. The first-order valence-corrected chi connectivity index (χ1v) is 18.9. The number of hydrogen-bond donors (Lipinski definition) is 3. The summed E-state index contributed by atoms with van der Waals surface area (Å²) in [5, 5.41) is 11.9. The van der Waals surface area contributed by atoms with E-state index in [-0.39, 0.29) is 53.8 Å². The number of nitrogens with two attached hydrogens (primary N) is 1. The largest absolute Gasteiger partial charge is 0.478 e. The van der Waals surface area contributed by atoms with Crippen molar-refractivity contribution in [2.24, 2.45) is 5.73 Å². The fourth-order valence-corrected chi connectivity index (χ4v) is 5.56. The molecule has 0 unspecified atom stereocenters. The van der Waals surface area contributed by atoms with Crippen molar-refractivity contribution in [1.29, 1.82) is 0 Å². The summed E-state index contributed by atoms with van der Waals surface area (Å²) in [6.07, 6.45) is 0. The molecular weight excluding hydrogens is 934 g/mol. The van der Waals surface area contributed by atoms with Crippen molar-refractivity contribution in [3.8, 4) is 23.0 Å². The van der Waals surface area contributed by atoms with Crippen LogP contribution in [0.25, 0.3) is 0 Å². The lowest BCUT2D eigenvalue weighted by atomic mass is 10.1. The van der Waals surface area contributed by atoms with Crippen LogP contribution >= 0.6 is 44.3 Å². The number of carbonyl (C=O) groups excluding carboxylic acids is 3. The molecule has 16 heteroatoms. The molecule has 0 radical (unpaired) electrons. The third kappa shape index (κ3) is 14.9. The quantitative estimate of drug-likeness (QED) is 0.107. The Morgan fingerprint density at radius 3 is 1.40 bits per heavy atom. The van der Waals surface area contributed by atoms with Gasteiger partial charge in [0.05, 0.1) is 30.9 Å². The molecule has 0 saturated heterocycles. The maximum absolute atomic E-state index is 13.1. The van der Waals surface area contributed by atoms with E-state index in [2.05, 4.69) is 46.7 Å². The van der Waals surface area contributed by atoms with Gasteiger partial charge in [-0.25, -0.2) is 23.2 Å². The third-order valence-electron chi connectivity index (χ3n) is 7.88. The number of amides is 1. The highest BCUT2D eigenvalue weighted by molar-refractivity contribution is 9.10. The van der Waals surface area contributed by atoms with Crippen LogP contribution in [0.4, 0.5) is 8.78 Å². The average Bonchev–Trinajstić information content (AvgIpc) is 3.25. The van der Waals surface area contributed by atoms with Crippen LogP contribution in [-0.4, -0.2) is 43.1 Å². The molecule has 60 heavy (non-hydrogen) atoms. The fraction of sp³-hybridized carbons (Fsp3) is 0.0909. The van der Waals surface area contributed by atoms with Crippen LogP contribution in [0.1, 0.15) is 52.6 Å². The first-order chi connectivity index (χ1) is 28.3. The second-order valence-corrected chi connectivity index (χ2v) is 13.8. The number of rotatable bonds is 11. The van der Waals surface area contributed by atoms with E-state index in [4.69, 9.17) is 20.3 Å². The lowest BCUT2D eigenvalue weighted by molar-refractivity contribution is 0.0592. The van der Waals surface area contributed by atoms with Gasteiger partial charge in [-0.3, -0.25) is 4.79 Å². The first kappa shape index (κ1) is 48.2. The first-order valence-electron chi connectivity index (χ1n) is 17.3. The van der Waals surface area contributed by atoms with Gasteiger partial charge < -0.3 is 35.1 Å². The SMILES string of the molecule is COC(=O)c1ccc(CN)cc1.COC(=O)c1ccc(CNC(=O)c2cc(Br)ccc2Oc2ccc(F)cc2)cc1.Cl.O=C(O)c1cc(Br)ccc1Oc1ccc(F)cc1. The standard InChI is InChI=1S/C22H17BrFNO4.C13H8BrFO3.C9H11NO2.ClH/c1-28-22(27)15-4-2-14(3-5-15)13-25-21(26)19-12-16(23)6-11-20(19)29-18-9-7-17(24)8-10-18;14-8-1-6-12(11(7-8)13(16)17)18-10-4-2-9(15)3-5-10;1-12-9(11)8-4-2-7(6-10)3-5-8;/h2-12H,13H2,1H3,(H,25,26);1-7H,(H,16,17);2-5H,6,10H2,1H3;1H. The summed E-state index contributed by atoms with van der Waals surface area (Å²) in [7, 11) is 2.68. The Bertz CT molecular complexity index is 2370. The number of hydrogen-bond acceptors (Lipinski definition) is 9. The number of aromatic carboxylic acids is 1. The van der Waals surface area contributed by atoms with Crippen molar-refractivity contribution >= 4 is 68.1 Å². The van der Waals surface area contributed by atoms with Crippen LogP contribution in [0.15, 0.2) is 142 Å². The van der Waals surface area contributed by atoms with E-state index in [0.717, 1.165) is 15.6 Å². The number of methoxy groups -OCH3 is 2. The molecule has 0 aliphatic heterocycles. The zero-order chi connectivity index (χ0) is 42.9. The van der Waals surface area contributed by atoms with E-state index >= 15 is 0 Å². The summed E-state index contributed by atoms with van der Waals surface area (Å²) in [4.78, 5) is 46.2. The van der Waals surface area contributed by atoms with Crippen LogP contribution in [0, 0.1) is 11.6 Å². The van der Waals surface area contributed by atoms with Gasteiger partial charge in [0.2, 0.25) is 0 Å². The maximum atomic E-state index is 13.1. The van der Waals surface area contributed by atoms with Crippen molar-refractivity contribution in [1.82, 2.24) is 5.32 Å². The minimum Gasteiger partial charge on any atom is -0.478 e. The minimum atomic E-state index is -1.09. The molecule has 0 atom stereocenters. The van der Waals surface area contributed by atoms with Crippen LogP contribution in [0.5, 0.6) is 23.0 Å². The molecule has 0 bridgehead atoms. The Morgan fingerprint density at radius 1 is 0.600 bits per heavy atom. The van der Waals surface area contributed by atoms with Crippen molar-refractivity contribution < 1.29 is 52.0 Å². The van der Waals surface area contributed by atoms with Gasteiger partial charge in [-0.2, -0.15) is 0 Å². The molecule has 0 saturated carbocycles. The fourth-order valence-electron chi connectivity index (χ4n) is 4.84. The van der Waals surface area contributed by atoms with Crippen molar-refractivity contribution in [3.05, 3.63) is 187 Å². The molecule has 0 fully saturated rings. The normalized spacial score (nSPS) is 9.92. The predicted molar refractivity (Wildman–Crippen MR) is 230 cm³/mol. The van der Waals surface area contributed by atoms with Gasteiger partial charge in [0.15, 0.2) is 0 Å². The Kier molecular flexibility index (Phi) is 19.4. The van der Waals surface area contributed by atoms with Crippen LogP contribution in [0.3, 0.4) is 0 Å². The number of esters is 2. The monoisotopic (exact) mass is 968 g/mol. The molecular formula is C44H37Br2ClF2N2O9. The van der Waals surface area contributed by atoms with Gasteiger partial charge in [-0.05, 0) is 120 Å². The Balaban J connectivity index is 0.000000264. The molecule has 6 aromatic rings.